The quantitative estimate of drug-likeness (QED) is 0.826. The van der Waals surface area contributed by atoms with Crippen molar-refractivity contribution in [1.82, 2.24) is 9.88 Å². The first-order valence-corrected chi connectivity index (χ1v) is 9.63. The maximum absolute atomic E-state index is 12.4. The fraction of sp³-hybridized carbons (Fsp3) is 0.474. The van der Waals surface area contributed by atoms with Gasteiger partial charge >= 0.3 is 0 Å². The summed E-state index contributed by atoms with van der Waals surface area (Å²) in [5.74, 6) is 0.0170. The van der Waals surface area contributed by atoms with Crippen molar-refractivity contribution in [2.24, 2.45) is 0 Å². The van der Waals surface area contributed by atoms with E-state index in [2.05, 4.69) is 35.1 Å². The van der Waals surface area contributed by atoms with Gasteiger partial charge in [0.1, 0.15) is 0 Å². The largest absolute Gasteiger partial charge is 0.325 e. The number of thiazole rings is 1. The minimum Gasteiger partial charge on any atom is -0.325 e. The maximum Gasteiger partial charge on any atom is 0.230 e. The number of benzene rings is 1. The Balaban J connectivity index is 1.64. The molecule has 24 heavy (non-hydrogen) atoms. The molecule has 1 aliphatic heterocycles. The van der Waals surface area contributed by atoms with Crippen LogP contribution in [0.15, 0.2) is 23.6 Å². The molecule has 0 fully saturated rings. The third-order valence-corrected chi connectivity index (χ3v) is 5.44. The second kappa shape index (κ2) is 7.90. The topological polar surface area (TPSA) is 45.2 Å². The van der Waals surface area contributed by atoms with Crippen LogP contribution in [0.3, 0.4) is 0 Å². The van der Waals surface area contributed by atoms with Gasteiger partial charge in [0, 0.05) is 24.2 Å². The molecule has 0 aliphatic carbocycles. The molecule has 0 radical (unpaired) electrons. The number of aryl methyl sites for hydroxylation is 1. The van der Waals surface area contributed by atoms with Crippen LogP contribution in [-0.4, -0.2) is 22.3 Å². The van der Waals surface area contributed by atoms with Crippen molar-refractivity contribution in [3.63, 3.8) is 0 Å². The summed E-state index contributed by atoms with van der Waals surface area (Å²) in [6, 6.07) is 6.22. The van der Waals surface area contributed by atoms with Crippen LogP contribution in [0.4, 0.5) is 5.69 Å². The molecule has 1 aromatic carbocycles. The molecule has 3 rings (SSSR count). The van der Waals surface area contributed by atoms with Gasteiger partial charge < -0.3 is 5.32 Å². The van der Waals surface area contributed by atoms with E-state index in [1.807, 2.05) is 17.5 Å². The number of carbonyl (C=O) groups excluding carboxylic acids is 1. The standard InChI is InChI=1S/C19H25N3OS/c1-3-5-9-22-11-14-7-6-8-17(16(14)12-22)21-18(23)10-15-13-24-19(4-2)20-15/h6-8,13H,3-5,9-12H2,1-2H3,(H,21,23). The van der Waals surface area contributed by atoms with Crippen molar-refractivity contribution in [2.45, 2.75) is 52.6 Å². The molecule has 0 saturated carbocycles. The Bertz CT molecular complexity index is 710. The van der Waals surface area contributed by atoms with Gasteiger partial charge in [-0.25, -0.2) is 4.98 Å². The summed E-state index contributed by atoms with van der Waals surface area (Å²) >= 11 is 1.63. The monoisotopic (exact) mass is 343 g/mol. The molecule has 2 heterocycles. The second-order valence-corrected chi connectivity index (χ2v) is 7.26. The van der Waals surface area contributed by atoms with Gasteiger partial charge in [-0.05, 0) is 36.6 Å². The number of fused-ring (bicyclic) bond motifs is 1. The first-order chi connectivity index (χ1) is 11.7. The number of rotatable bonds is 7. The fourth-order valence-corrected chi connectivity index (χ4v) is 3.84. The second-order valence-electron chi connectivity index (χ2n) is 6.32. The van der Waals surface area contributed by atoms with E-state index >= 15 is 0 Å². The van der Waals surface area contributed by atoms with Crippen molar-refractivity contribution >= 4 is 22.9 Å². The van der Waals surface area contributed by atoms with Crippen molar-refractivity contribution in [3.05, 3.63) is 45.4 Å². The van der Waals surface area contributed by atoms with Gasteiger partial charge in [-0.2, -0.15) is 0 Å². The van der Waals surface area contributed by atoms with E-state index in [0.29, 0.717) is 6.42 Å². The lowest BCUT2D eigenvalue weighted by Gasteiger charge is -2.14. The third-order valence-electron chi connectivity index (χ3n) is 4.39. The molecule has 0 unspecified atom stereocenters. The van der Waals surface area contributed by atoms with Gasteiger partial charge in [0.2, 0.25) is 5.91 Å². The summed E-state index contributed by atoms with van der Waals surface area (Å²) in [6.45, 7) is 7.35. The summed E-state index contributed by atoms with van der Waals surface area (Å²) in [5.41, 5.74) is 4.44. The molecular weight excluding hydrogens is 318 g/mol. The number of nitrogens with zero attached hydrogens (tertiary/aromatic N) is 2. The van der Waals surface area contributed by atoms with Gasteiger partial charge in [0.05, 0.1) is 17.1 Å². The molecule has 0 bridgehead atoms. The maximum atomic E-state index is 12.4. The van der Waals surface area contributed by atoms with E-state index in [0.717, 1.165) is 42.4 Å². The normalized spacial score (nSPS) is 13.9. The van der Waals surface area contributed by atoms with E-state index in [-0.39, 0.29) is 5.91 Å². The molecule has 0 atom stereocenters. The van der Waals surface area contributed by atoms with Crippen LogP contribution in [0.25, 0.3) is 0 Å². The molecule has 5 heteroatoms. The van der Waals surface area contributed by atoms with Crippen molar-refractivity contribution < 1.29 is 4.79 Å². The van der Waals surface area contributed by atoms with Crippen LogP contribution in [0.2, 0.25) is 0 Å². The van der Waals surface area contributed by atoms with E-state index in [1.165, 1.54) is 24.0 Å². The Kier molecular flexibility index (Phi) is 5.63. The number of amides is 1. The molecule has 1 N–H and O–H groups in total. The number of anilines is 1. The average molecular weight is 343 g/mol. The molecule has 2 aromatic rings. The highest BCUT2D eigenvalue weighted by Crippen LogP contribution is 2.29. The first kappa shape index (κ1) is 17.1. The number of carbonyl (C=O) groups is 1. The van der Waals surface area contributed by atoms with E-state index < -0.39 is 0 Å². The first-order valence-electron chi connectivity index (χ1n) is 8.75. The van der Waals surface area contributed by atoms with E-state index in [4.69, 9.17) is 0 Å². The van der Waals surface area contributed by atoms with Crippen LogP contribution < -0.4 is 5.32 Å². The van der Waals surface area contributed by atoms with Gasteiger partial charge in [-0.15, -0.1) is 11.3 Å². The van der Waals surface area contributed by atoms with Crippen LogP contribution in [-0.2, 0) is 30.7 Å². The highest BCUT2D eigenvalue weighted by molar-refractivity contribution is 7.09. The number of hydrogen-bond acceptors (Lipinski definition) is 4. The van der Waals surface area contributed by atoms with Crippen LogP contribution in [0.1, 0.15) is 48.5 Å². The lowest BCUT2D eigenvalue weighted by Crippen LogP contribution is -2.18. The Hall–Kier alpha value is -1.72. The summed E-state index contributed by atoms with van der Waals surface area (Å²) in [7, 11) is 0. The summed E-state index contributed by atoms with van der Waals surface area (Å²) in [4.78, 5) is 19.3. The minimum atomic E-state index is 0.0170. The minimum absolute atomic E-state index is 0.0170. The highest BCUT2D eigenvalue weighted by atomic mass is 32.1. The molecular formula is C19H25N3OS. The zero-order valence-corrected chi connectivity index (χ0v) is 15.3. The summed E-state index contributed by atoms with van der Waals surface area (Å²) in [5, 5.41) is 6.17. The number of unbranched alkanes of at least 4 members (excludes halogenated alkanes) is 1. The summed E-state index contributed by atoms with van der Waals surface area (Å²) < 4.78 is 0. The Morgan fingerprint density at radius 1 is 1.33 bits per heavy atom. The lowest BCUT2D eigenvalue weighted by atomic mass is 10.1. The Morgan fingerprint density at radius 2 is 2.21 bits per heavy atom. The zero-order chi connectivity index (χ0) is 16.9. The van der Waals surface area contributed by atoms with Crippen molar-refractivity contribution in [2.75, 3.05) is 11.9 Å². The summed E-state index contributed by atoms with van der Waals surface area (Å²) in [6.07, 6.45) is 3.70. The fourth-order valence-electron chi connectivity index (χ4n) is 3.10. The molecule has 1 amide bonds. The average Bonchev–Trinajstić information content (AvgIpc) is 3.19. The zero-order valence-electron chi connectivity index (χ0n) is 14.5. The predicted octanol–water partition coefficient (Wildman–Crippen LogP) is 4.00. The van der Waals surface area contributed by atoms with Gasteiger partial charge in [0.25, 0.3) is 0 Å². The number of aromatic nitrogens is 1. The molecule has 1 aliphatic rings. The molecule has 0 saturated heterocycles. The SMILES string of the molecule is CCCCN1Cc2cccc(NC(=O)Cc3csc(CC)n3)c2C1. The lowest BCUT2D eigenvalue weighted by molar-refractivity contribution is -0.115. The van der Waals surface area contributed by atoms with Crippen LogP contribution in [0, 0.1) is 0 Å². The Labute approximate surface area is 147 Å². The van der Waals surface area contributed by atoms with Crippen molar-refractivity contribution in [1.29, 1.82) is 0 Å². The van der Waals surface area contributed by atoms with Gasteiger partial charge in [-0.1, -0.05) is 32.4 Å². The van der Waals surface area contributed by atoms with E-state index in [9.17, 15) is 4.79 Å². The predicted molar refractivity (Wildman–Crippen MR) is 99.3 cm³/mol. The molecule has 1 aromatic heterocycles. The van der Waals surface area contributed by atoms with Gasteiger partial charge in [0.15, 0.2) is 0 Å². The Morgan fingerprint density at radius 3 is 2.96 bits per heavy atom. The smallest absolute Gasteiger partial charge is 0.230 e. The molecule has 128 valence electrons. The molecule has 0 spiro atoms. The molecule has 4 nitrogen and oxygen atoms in total. The number of nitrogens with one attached hydrogen (secondary N) is 1. The third kappa shape index (κ3) is 4.02. The van der Waals surface area contributed by atoms with Crippen LogP contribution in [0.5, 0.6) is 0 Å². The van der Waals surface area contributed by atoms with E-state index in [1.54, 1.807) is 11.3 Å². The highest BCUT2D eigenvalue weighted by Gasteiger charge is 2.21. The van der Waals surface area contributed by atoms with Gasteiger partial charge in [-0.3, -0.25) is 9.69 Å². The van der Waals surface area contributed by atoms with Crippen LogP contribution >= 0.6 is 11.3 Å². The van der Waals surface area contributed by atoms with Crippen molar-refractivity contribution in [3.8, 4) is 0 Å². The number of hydrogen-bond donors (Lipinski definition) is 1.